The first-order chi connectivity index (χ1) is 14.9. The molecule has 3 heterocycles. The Hall–Kier alpha value is -1.83. The zero-order chi connectivity index (χ0) is 22.1. The van der Waals surface area contributed by atoms with Crippen LogP contribution in [0.2, 0.25) is 0 Å². The van der Waals surface area contributed by atoms with Gasteiger partial charge >= 0.3 is 0 Å². The van der Waals surface area contributed by atoms with Gasteiger partial charge in [-0.3, -0.25) is 9.36 Å². The van der Waals surface area contributed by atoms with Crippen molar-refractivity contribution in [1.29, 1.82) is 0 Å². The van der Waals surface area contributed by atoms with Gasteiger partial charge < -0.3 is 9.47 Å². The number of methoxy groups -OCH3 is 1. The highest BCUT2D eigenvalue weighted by Gasteiger charge is 2.28. The highest BCUT2D eigenvalue weighted by atomic mass is 32.2. The molecule has 0 radical (unpaired) electrons. The highest BCUT2D eigenvalue weighted by Crippen LogP contribution is 2.36. The number of fused-ring (bicyclic) bond motifs is 3. The first-order valence-corrected chi connectivity index (χ1v) is 12.6. The summed E-state index contributed by atoms with van der Waals surface area (Å²) in [6.07, 6.45) is 1.98. The van der Waals surface area contributed by atoms with Crippen molar-refractivity contribution in [3.05, 3.63) is 45.1 Å². The van der Waals surface area contributed by atoms with Gasteiger partial charge in [0.25, 0.3) is 5.56 Å². The van der Waals surface area contributed by atoms with E-state index in [0.717, 1.165) is 55.8 Å². The van der Waals surface area contributed by atoms with Crippen molar-refractivity contribution in [1.82, 2.24) is 9.55 Å². The van der Waals surface area contributed by atoms with Crippen LogP contribution in [0, 0.1) is 11.8 Å². The third-order valence-electron chi connectivity index (χ3n) is 5.71. The largest absolute Gasteiger partial charge is 0.497 e. The lowest BCUT2D eigenvalue weighted by molar-refractivity contribution is 0.00200. The Morgan fingerprint density at radius 3 is 2.65 bits per heavy atom. The highest BCUT2D eigenvalue weighted by molar-refractivity contribution is 7.99. The third-order valence-corrected chi connectivity index (χ3v) is 7.78. The van der Waals surface area contributed by atoms with Gasteiger partial charge in [0.2, 0.25) is 0 Å². The van der Waals surface area contributed by atoms with E-state index in [0.29, 0.717) is 18.4 Å². The summed E-state index contributed by atoms with van der Waals surface area (Å²) in [6, 6.07) is 7.64. The summed E-state index contributed by atoms with van der Waals surface area (Å²) >= 11 is 3.27. The maximum atomic E-state index is 13.9. The molecule has 0 fully saturated rings. The minimum atomic E-state index is 0.0177. The number of nitrogens with zero attached hydrogens (tertiary/aromatic N) is 2. The number of thioether (sulfide) groups is 1. The van der Waals surface area contributed by atoms with E-state index in [1.165, 1.54) is 0 Å². The first kappa shape index (κ1) is 22.4. The SMILES string of the molecule is COc1ccc(-n2c(SCCC(C)C)nc3sc4c(c3c2=O)C[C@@H](C(C)C)OC4)cc1. The van der Waals surface area contributed by atoms with Crippen LogP contribution in [0.3, 0.4) is 0 Å². The fraction of sp³-hybridized carbons (Fsp3) is 0.500. The molecule has 0 saturated carbocycles. The van der Waals surface area contributed by atoms with Crippen molar-refractivity contribution in [2.75, 3.05) is 12.9 Å². The topological polar surface area (TPSA) is 53.4 Å². The lowest BCUT2D eigenvalue weighted by atomic mass is 9.96. The Morgan fingerprint density at radius 1 is 1.26 bits per heavy atom. The van der Waals surface area contributed by atoms with Gasteiger partial charge in [0, 0.05) is 17.1 Å². The summed E-state index contributed by atoms with van der Waals surface area (Å²) in [6.45, 7) is 9.33. The Bertz CT molecular complexity index is 1120. The van der Waals surface area contributed by atoms with Crippen molar-refractivity contribution < 1.29 is 9.47 Å². The van der Waals surface area contributed by atoms with Gasteiger partial charge in [0.05, 0.1) is 30.9 Å². The van der Waals surface area contributed by atoms with Gasteiger partial charge in [-0.2, -0.15) is 0 Å². The van der Waals surface area contributed by atoms with Gasteiger partial charge in [-0.05, 0) is 48.1 Å². The van der Waals surface area contributed by atoms with E-state index in [-0.39, 0.29) is 11.7 Å². The molecule has 1 aliphatic heterocycles. The predicted octanol–water partition coefficient (Wildman–Crippen LogP) is 5.69. The quantitative estimate of drug-likeness (QED) is 0.336. The number of hydrogen-bond donors (Lipinski definition) is 0. The second kappa shape index (κ2) is 9.35. The third kappa shape index (κ3) is 4.54. The lowest BCUT2D eigenvalue weighted by Crippen LogP contribution is -2.28. The summed E-state index contributed by atoms with van der Waals surface area (Å²) in [5.41, 5.74) is 1.97. The Labute approximate surface area is 191 Å². The maximum Gasteiger partial charge on any atom is 0.267 e. The molecule has 31 heavy (non-hydrogen) atoms. The van der Waals surface area contributed by atoms with Gasteiger partial charge in [0.15, 0.2) is 5.16 Å². The Kier molecular flexibility index (Phi) is 6.74. The van der Waals surface area contributed by atoms with Crippen LogP contribution in [0.5, 0.6) is 5.75 Å². The average Bonchev–Trinajstić information content (AvgIpc) is 3.11. The molecule has 0 N–H and O–H groups in total. The van der Waals surface area contributed by atoms with E-state index >= 15 is 0 Å². The first-order valence-electron chi connectivity index (χ1n) is 10.8. The van der Waals surface area contributed by atoms with Gasteiger partial charge in [0.1, 0.15) is 10.6 Å². The van der Waals surface area contributed by atoms with Gasteiger partial charge in [-0.15, -0.1) is 11.3 Å². The maximum absolute atomic E-state index is 13.9. The van der Waals surface area contributed by atoms with Crippen LogP contribution in [0.25, 0.3) is 15.9 Å². The summed E-state index contributed by atoms with van der Waals surface area (Å²) in [7, 11) is 1.65. The molecule has 2 aromatic heterocycles. The lowest BCUT2D eigenvalue weighted by Gasteiger charge is -2.26. The van der Waals surface area contributed by atoms with Crippen molar-refractivity contribution in [2.24, 2.45) is 11.8 Å². The molecular formula is C24H30N2O3S2. The fourth-order valence-corrected chi connectivity index (χ4v) is 6.19. The molecule has 5 nitrogen and oxygen atoms in total. The minimum absolute atomic E-state index is 0.0177. The van der Waals surface area contributed by atoms with Crippen molar-refractivity contribution in [2.45, 2.75) is 58.4 Å². The van der Waals surface area contributed by atoms with Crippen LogP contribution in [0.15, 0.2) is 34.2 Å². The van der Waals surface area contributed by atoms with Crippen LogP contribution >= 0.6 is 23.1 Å². The zero-order valence-corrected chi connectivity index (χ0v) is 20.4. The summed E-state index contributed by atoms with van der Waals surface area (Å²) in [4.78, 5) is 20.8. The molecule has 1 aliphatic rings. The molecule has 0 aliphatic carbocycles. The predicted molar refractivity (Wildman–Crippen MR) is 129 cm³/mol. The Morgan fingerprint density at radius 2 is 2.00 bits per heavy atom. The fourth-order valence-electron chi connectivity index (χ4n) is 3.78. The number of rotatable bonds is 7. The normalized spacial score (nSPS) is 16.3. The Balaban J connectivity index is 1.86. The smallest absolute Gasteiger partial charge is 0.267 e. The molecule has 1 atom stereocenters. The standard InChI is InChI=1S/C24H30N2O3S2/c1-14(2)10-11-30-24-25-22-21(18-12-19(15(3)4)29-13-20(18)31-22)23(27)26(24)16-6-8-17(28-5)9-7-16/h6-9,14-15,19H,10-13H2,1-5H3/t19-/m0/s1. The van der Waals surface area contributed by atoms with Crippen LogP contribution < -0.4 is 10.3 Å². The average molecular weight is 459 g/mol. The van der Waals surface area contributed by atoms with E-state index in [9.17, 15) is 4.79 Å². The molecule has 0 amide bonds. The summed E-state index contributed by atoms with van der Waals surface area (Å²) in [5.74, 6) is 2.71. The number of benzene rings is 1. The molecule has 4 rings (SSSR count). The van der Waals surface area contributed by atoms with Gasteiger partial charge in [-0.1, -0.05) is 39.5 Å². The van der Waals surface area contributed by atoms with Gasteiger partial charge in [-0.25, -0.2) is 4.98 Å². The second-order valence-corrected chi connectivity index (χ2v) is 10.9. The molecule has 0 saturated heterocycles. The molecule has 7 heteroatoms. The van der Waals surface area contributed by atoms with Crippen LogP contribution in [-0.4, -0.2) is 28.5 Å². The van der Waals surface area contributed by atoms with Crippen molar-refractivity contribution >= 4 is 33.3 Å². The number of aromatic nitrogens is 2. The van der Waals surface area contributed by atoms with Crippen LogP contribution in [0.4, 0.5) is 0 Å². The number of hydrogen-bond acceptors (Lipinski definition) is 6. The molecule has 1 aromatic carbocycles. The molecule has 0 spiro atoms. The number of ether oxygens (including phenoxy) is 2. The summed E-state index contributed by atoms with van der Waals surface area (Å²) < 4.78 is 13.1. The van der Waals surface area contributed by atoms with E-state index < -0.39 is 0 Å². The summed E-state index contributed by atoms with van der Waals surface area (Å²) in [5, 5.41) is 1.52. The molecular weight excluding hydrogens is 428 g/mol. The number of thiophene rings is 1. The van der Waals surface area contributed by atoms with Crippen LogP contribution in [-0.2, 0) is 17.8 Å². The van der Waals surface area contributed by atoms with E-state index in [2.05, 4.69) is 27.7 Å². The van der Waals surface area contributed by atoms with Crippen LogP contribution in [0.1, 0.15) is 44.6 Å². The second-order valence-electron chi connectivity index (χ2n) is 8.75. The van der Waals surface area contributed by atoms with Crippen molar-refractivity contribution in [3.8, 4) is 11.4 Å². The molecule has 3 aromatic rings. The molecule has 0 unspecified atom stereocenters. The van der Waals surface area contributed by atoms with Crippen molar-refractivity contribution in [3.63, 3.8) is 0 Å². The van der Waals surface area contributed by atoms with E-state index in [4.69, 9.17) is 14.5 Å². The molecule has 166 valence electrons. The monoisotopic (exact) mass is 458 g/mol. The van der Waals surface area contributed by atoms with E-state index in [1.807, 2.05) is 24.3 Å². The molecule has 0 bridgehead atoms. The van der Waals surface area contributed by atoms with E-state index in [1.54, 1.807) is 34.8 Å². The minimum Gasteiger partial charge on any atom is -0.497 e. The zero-order valence-electron chi connectivity index (χ0n) is 18.8.